The van der Waals surface area contributed by atoms with Gasteiger partial charge in [-0.2, -0.15) is 0 Å². The molecule has 1 saturated carbocycles. The van der Waals surface area contributed by atoms with E-state index < -0.39 is 0 Å². The van der Waals surface area contributed by atoms with Crippen LogP contribution in [0.25, 0.3) is 0 Å². The molecule has 1 aliphatic rings. The lowest BCUT2D eigenvalue weighted by Gasteiger charge is -2.21. The van der Waals surface area contributed by atoms with Crippen LogP contribution in [0.3, 0.4) is 0 Å². The molecule has 0 aromatic heterocycles. The molecule has 0 spiro atoms. The topological polar surface area (TPSA) is 29.1 Å². The van der Waals surface area contributed by atoms with E-state index in [1.165, 1.54) is 19.3 Å². The Kier molecular flexibility index (Phi) is 4.32. The van der Waals surface area contributed by atoms with Crippen molar-refractivity contribution in [3.8, 4) is 0 Å². The lowest BCUT2D eigenvalue weighted by molar-refractivity contribution is -0.125. The van der Waals surface area contributed by atoms with Crippen molar-refractivity contribution in [2.45, 2.75) is 43.1 Å². The molecule has 1 N–H and O–H groups in total. The predicted octanol–water partition coefficient (Wildman–Crippen LogP) is 2.46. The van der Waals surface area contributed by atoms with E-state index in [1.807, 2.05) is 6.92 Å². The Morgan fingerprint density at radius 1 is 1.42 bits per heavy atom. The van der Waals surface area contributed by atoms with E-state index in [0.29, 0.717) is 5.92 Å². The number of nitrogens with one attached hydrogen (secondary N) is 1. The van der Waals surface area contributed by atoms with Crippen LogP contribution in [-0.4, -0.2) is 9.96 Å². The van der Waals surface area contributed by atoms with Gasteiger partial charge < -0.3 is 5.32 Å². The molecule has 70 valence electrons. The Morgan fingerprint density at radius 2 is 2.00 bits per heavy atom. The van der Waals surface area contributed by atoms with Crippen molar-refractivity contribution in [1.29, 1.82) is 0 Å². The maximum Gasteiger partial charge on any atom is 0.223 e. The summed E-state index contributed by atoms with van der Waals surface area (Å²) in [6.07, 6.45) is 5.95. The molecule has 2 nitrogen and oxygen atoms in total. The number of hydrogen-bond acceptors (Lipinski definition) is 1. The van der Waals surface area contributed by atoms with Gasteiger partial charge >= 0.3 is 0 Å². The fourth-order valence-electron chi connectivity index (χ4n) is 1.68. The highest BCUT2D eigenvalue weighted by atomic mass is 127. The van der Waals surface area contributed by atoms with E-state index in [-0.39, 0.29) is 9.96 Å². The number of rotatable bonds is 2. The zero-order valence-corrected chi connectivity index (χ0v) is 9.63. The summed E-state index contributed by atoms with van der Waals surface area (Å²) in [6.45, 7) is 2.00. The number of halogens is 1. The second kappa shape index (κ2) is 5.04. The van der Waals surface area contributed by atoms with Crippen molar-refractivity contribution >= 4 is 28.5 Å². The van der Waals surface area contributed by atoms with Crippen LogP contribution in [0.5, 0.6) is 0 Å². The third kappa shape index (κ3) is 3.29. The summed E-state index contributed by atoms with van der Waals surface area (Å²) in [4.78, 5) is 11.5. The Bertz CT molecular complexity index is 153. The van der Waals surface area contributed by atoms with Crippen molar-refractivity contribution in [2.24, 2.45) is 5.92 Å². The molecule has 1 atom stereocenters. The predicted molar refractivity (Wildman–Crippen MR) is 58.2 cm³/mol. The Labute approximate surface area is 87.6 Å². The Balaban J connectivity index is 2.30. The van der Waals surface area contributed by atoms with Crippen molar-refractivity contribution in [3.63, 3.8) is 0 Å². The smallest absolute Gasteiger partial charge is 0.223 e. The highest BCUT2D eigenvalue weighted by molar-refractivity contribution is 14.1. The van der Waals surface area contributed by atoms with E-state index in [4.69, 9.17) is 0 Å². The van der Waals surface area contributed by atoms with Crippen LogP contribution in [0, 0.1) is 5.92 Å². The summed E-state index contributed by atoms with van der Waals surface area (Å²) < 4.78 is 0.261. The molecule has 12 heavy (non-hydrogen) atoms. The monoisotopic (exact) mass is 281 g/mol. The molecule has 1 fully saturated rings. The highest BCUT2D eigenvalue weighted by Gasteiger charge is 2.21. The van der Waals surface area contributed by atoms with Crippen LogP contribution >= 0.6 is 22.6 Å². The maximum absolute atomic E-state index is 11.5. The van der Waals surface area contributed by atoms with Gasteiger partial charge in [-0.1, -0.05) is 41.9 Å². The van der Waals surface area contributed by atoms with Gasteiger partial charge in [0.2, 0.25) is 5.91 Å². The van der Waals surface area contributed by atoms with Crippen LogP contribution in [0.2, 0.25) is 0 Å². The number of alkyl halides is 1. The summed E-state index contributed by atoms with van der Waals surface area (Å²) in [5.74, 6) is 0.563. The summed E-state index contributed by atoms with van der Waals surface area (Å²) in [5.41, 5.74) is 0. The van der Waals surface area contributed by atoms with Gasteiger partial charge in [0.15, 0.2) is 0 Å². The summed E-state index contributed by atoms with van der Waals surface area (Å²) in [7, 11) is 0. The zero-order valence-electron chi connectivity index (χ0n) is 7.48. The molecule has 1 rings (SSSR count). The van der Waals surface area contributed by atoms with E-state index in [2.05, 4.69) is 27.9 Å². The molecule has 0 aliphatic heterocycles. The molecule has 0 saturated heterocycles. The second-order valence-corrected chi connectivity index (χ2v) is 5.33. The SMILES string of the molecule is CC(I)NC(=O)C1CCCCC1. The van der Waals surface area contributed by atoms with E-state index in [1.54, 1.807) is 0 Å². The van der Waals surface area contributed by atoms with Crippen LogP contribution in [0.4, 0.5) is 0 Å². The third-order valence-corrected chi connectivity index (χ3v) is 2.63. The molecule has 0 bridgehead atoms. The average Bonchev–Trinajstić information content (AvgIpc) is 2.05. The van der Waals surface area contributed by atoms with Crippen molar-refractivity contribution in [3.05, 3.63) is 0 Å². The lowest BCUT2D eigenvalue weighted by atomic mass is 9.89. The molecule has 0 aromatic rings. The molecule has 0 heterocycles. The van der Waals surface area contributed by atoms with Crippen molar-refractivity contribution in [1.82, 2.24) is 5.32 Å². The molecular weight excluding hydrogens is 265 g/mol. The fourth-order valence-corrected chi connectivity index (χ4v) is 1.99. The maximum atomic E-state index is 11.5. The van der Waals surface area contributed by atoms with Crippen LogP contribution in [0.15, 0.2) is 0 Å². The number of carbonyl (C=O) groups excluding carboxylic acids is 1. The summed E-state index contributed by atoms with van der Waals surface area (Å²) >= 11 is 2.22. The molecule has 0 radical (unpaired) electrons. The second-order valence-electron chi connectivity index (χ2n) is 3.46. The number of carbonyl (C=O) groups is 1. The Hall–Kier alpha value is 0.200. The van der Waals surface area contributed by atoms with Crippen molar-refractivity contribution in [2.75, 3.05) is 0 Å². The first kappa shape index (κ1) is 10.3. The minimum absolute atomic E-state index is 0.261. The molecule has 0 aromatic carbocycles. The molecule has 1 amide bonds. The van der Waals surface area contributed by atoms with Gasteiger partial charge in [-0.05, 0) is 19.8 Å². The first-order chi connectivity index (χ1) is 5.70. The summed E-state index contributed by atoms with van der Waals surface area (Å²) in [5, 5.41) is 2.96. The first-order valence-corrected chi connectivity index (χ1v) is 5.89. The van der Waals surface area contributed by atoms with Gasteiger partial charge in [0.1, 0.15) is 0 Å². The van der Waals surface area contributed by atoms with Gasteiger partial charge in [0.05, 0.1) is 4.05 Å². The van der Waals surface area contributed by atoms with Gasteiger partial charge in [-0.15, -0.1) is 0 Å². The molecule has 3 heteroatoms. The van der Waals surface area contributed by atoms with Crippen LogP contribution in [0.1, 0.15) is 39.0 Å². The minimum Gasteiger partial charge on any atom is -0.344 e. The van der Waals surface area contributed by atoms with Gasteiger partial charge in [0, 0.05) is 5.92 Å². The average molecular weight is 281 g/mol. The quantitative estimate of drug-likeness (QED) is 0.470. The molecular formula is C9H16INO. The third-order valence-electron chi connectivity index (χ3n) is 2.32. The normalized spacial score (nSPS) is 21.8. The molecule has 1 unspecified atom stereocenters. The van der Waals surface area contributed by atoms with E-state index in [0.717, 1.165) is 12.8 Å². The van der Waals surface area contributed by atoms with Gasteiger partial charge in [0.25, 0.3) is 0 Å². The highest BCUT2D eigenvalue weighted by Crippen LogP contribution is 2.23. The zero-order chi connectivity index (χ0) is 8.97. The van der Waals surface area contributed by atoms with E-state index in [9.17, 15) is 4.79 Å². The fraction of sp³-hybridized carbons (Fsp3) is 0.889. The largest absolute Gasteiger partial charge is 0.344 e. The van der Waals surface area contributed by atoms with E-state index >= 15 is 0 Å². The standard InChI is InChI=1S/C9H16INO/c1-7(10)11-9(12)8-5-3-2-4-6-8/h7-8H,2-6H2,1H3,(H,11,12). The number of hydrogen-bond donors (Lipinski definition) is 1. The van der Waals surface area contributed by atoms with Crippen LogP contribution < -0.4 is 5.32 Å². The van der Waals surface area contributed by atoms with Crippen LogP contribution in [-0.2, 0) is 4.79 Å². The first-order valence-electron chi connectivity index (χ1n) is 4.64. The van der Waals surface area contributed by atoms with Gasteiger partial charge in [-0.3, -0.25) is 4.79 Å². The lowest BCUT2D eigenvalue weighted by Crippen LogP contribution is -2.35. The number of amides is 1. The molecule has 1 aliphatic carbocycles. The minimum atomic E-state index is 0.261. The Morgan fingerprint density at radius 3 is 2.50 bits per heavy atom. The summed E-state index contributed by atoms with van der Waals surface area (Å²) in [6, 6.07) is 0. The van der Waals surface area contributed by atoms with Crippen molar-refractivity contribution < 1.29 is 4.79 Å². The van der Waals surface area contributed by atoms with Gasteiger partial charge in [-0.25, -0.2) is 0 Å².